The van der Waals surface area contributed by atoms with Gasteiger partial charge in [-0.1, -0.05) is 33.6 Å². The Morgan fingerprint density at radius 3 is 2.83 bits per heavy atom. The fourth-order valence-corrected chi connectivity index (χ4v) is 2.99. The first kappa shape index (κ1) is 16.0. The Bertz CT molecular complexity index is 893. The van der Waals surface area contributed by atoms with Crippen molar-refractivity contribution in [3.8, 4) is 0 Å². The van der Waals surface area contributed by atoms with Crippen LogP contribution in [-0.2, 0) is 6.54 Å². The molecule has 0 atom stereocenters. The van der Waals surface area contributed by atoms with E-state index >= 15 is 0 Å². The molecule has 1 aromatic heterocycles. The molecule has 0 aliphatic carbocycles. The summed E-state index contributed by atoms with van der Waals surface area (Å²) in [5, 5.41) is 1.50. The number of aromatic amines is 1. The molecule has 23 heavy (non-hydrogen) atoms. The number of nitrogens with one attached hydrogen (secondary N) is 1. The van der Waals surface area contributed by atoms with Gasteiger partial charge in [-0.25, -0.2) is 4.39 Å². The van der Waals surface area contributed by atoms with Crippen molar-refractivity contribution in [2.45, 2.75) is 6.54 Å². The first-order valence-corrected chi connectivity index (χ1v) is 8.09. The maximum absolute atomic E-state index is 13.8. The smallest absolute Gasteiger partial charge is 0.270 e. The third kappa shape index (κ3) is 3.41. The van der Waals surface area contributed by atoms with Gasteiger partial charge in [0, 0.05) is 39.6 Å². The zero-order valence-electron chi connectivity index (χ0n) is 12.2. The summed E-state index contributed by atoms with van der Waals surface area (Å²) >= 11 is 9.26. The van der Waals surface area contributed by atoms with Crippen molar-refractivity contribution in [3.63, 3.8) is 0 Å². The molecule has 0 saturated heterocycles. The summed E-state index contributed by atoms with van der Waals surface area (Å²) in [6, 6.07) is 11.8. The highest BCUT2D eigenvalue weighted by Gasteiger charge is 2.16. The van der Waals surface area contributed by atoms with Gasteiger partial charge in [0.1, 0.15) is 11.5 Å². The van der Waals surface area contributed by atoms with E-state index in [0.717, 1.165) is 15.4 Å². The van der Waals surface area contributed by atoms with Crippen LogP contribution >= 0.6 is 27.5 Å². The van der Waals surface area contributed by atoms with Crippen LogP contribution in [0.15, 0.2) is 46.9 Å². The second-order valence-electron chi connectivity index (χ2n) is 5.31. The summed E-state index contributed by atoms with van der Waals surface area (Å²) in [5.41, 5.74) is 1.69. The molecule has 118 valence electrons. The molecule has 2 aromatic carbocycles. The summed E-state index contributed by atoms with van der Waals surface area (Å²) in [7, 11) is 1.64. The number of fused-ring (bicyclic) bond motifs is 1. The Kier molecular flexibility index (Phi) is 4.41. The first-order chi connectivity index (χ1) is 10.9. The Morgan fingerprint density at radius 2 is 2.04 bits per heavy atom. The molecular weight excluding hydrogens is 383 g/mol. The molecule has 0 saturated carbocycles. The zero-order chi connectivity index (χ0) is 16.6. The highest BCUT2D eigenvalue weighted by Crippen LogP contribution is 2.22. The van der Waals surface area contributed by atoms with Crippen molar-refractivity contribution in [2.75, 3.05) is 7.05 Å². The molecule has 0 fully saturated rings. The molecule has 3 aromatic rings. The van der Waals surface area contributed by atoms with Crippen LogP contribution in [-0.4, -0.2) is 22.8 Å². The Hall–Kier alpha value is -1.85. The van der Waals surface area contributed by atoms with Crippen LogP contribution in [0, 0.1) is 5.82 Å². The number of amides is 1. The molecule has 6 heteroatoms. The molecule has 1 N–H and O–H groups in total. The average Bonchev–Trinajstić information content (AvgIpc) is 2.93. The standard InChI is InChI=1S/C17H13BrClFN2O/c1-22(9-11-6-12(18)3-5-14(11)20)17(23)16-7-10-2-4-13(19)8-15(10)21-16/h2-8,21H,9H2,1H3. The van der Waals surface area contributed by atoms with Crippen molar-refractivity contribution >= 4 is 44.3 Å². The zero-order valence-corrected chi connectivity index (χ0v) is 14.6. The van der Waals surface area contributed by atoms with Gasteiger partial charge in [-0.3, -0.25) is 4.79 Å². The lowest BCUT2D eigenvalue weighted by Gasteiger charge is -2.17. The highest BCUT2D eigenvalue weighted by atomic mass is 79.9. The van der Waals surface area contributed by atoms with E-state index in [4.69, 9.17) is 11.6 Å². The second-order valence-corrected chi connectivity index (χ2v) is 6.66. The van der Waals surface area contributed by atoms with E-state index in [9.17, 15) is 9.18 Å². The number of halogens is 3. The molecule has 1 heterocycles. The van der Waals surface area contributed by atoms with E-state index in [1.165, 1.54) is 11.0 Å². The number of nitrogens with zero attached hydrogens (tertiary/aromatic N) is 1. The lowest BCUT2D eigenvalue weighted by molar-refractivity contribution is 0.0779. The monoisotopic (exact) mass is 394 g/mol. The highest BCUT2D eigenvalue weighted by molar-refractivity contribution is 9.10. The summed E-state index contributed by atoms with van der Waals surface area (Å²) in [5.74, 6) is -0.548. The molecule has 0 aliphatic heterocycles. The summed E-state index contributed by atoms with van der Waals surface area (Å²) in [6.45, 7) is 0.181. The van der Waals surface area contributed by atoms with Crippen LogP contribution in [0.4, 0.5) is 4.39 Å². The third-order valence-electron chi connectivity index (χ3n) is 3.58. The van der Waals surface area contributed by atoms with Gasteiger partial charge in [-0.05, 0) is 36.4 Å². The molecule has 0 bridgehead atoms. The van der Waals surface area contributed by atoms with Crippen molar-refractivity contribution in [1.82, 2.24) is 9.88 Å². The van der Waals surface area contributed by atoms with Crippen molar-refractivity contribution in [3.05, 3.63) is 69.0 Å². The van der Waals surface area contributed by atoms with E-state index < -0.39 is 0 Å². The van der Waals surface area contributed by atoms with Crippen LogP contribution < -0.4 is 0 Å². The predicted octanol–water partition coefficient (Wildman–Crippen LogP) is 5.00. The van der Waals surface area contributed by atoms with Gasteiger partial charge < -0.3 is 9.88 Å². The maximum Gasteiger partial charge on any atom is 0.270 e. The van der Waals surface area contributed by atoms with Gasteiger partial charge in [0.25, 0.3) is 5.91 Å². The van der Waals surface area contributed by atoms with Gasteiger partial charge >= 0.3 is 0 Å². The lowest BCUT2D eigenvalue weighted by Crippen LogP contribution is -2.26. The molecule has 3 rings (SSSR count). The number of carbonyl (C=O) groups is 1. The van der Waals surface area contributed by atoms with E-state index in [-0.39, 0.29) is 18.3 Å². The minimum atomic E-state index is -0.337. The molecule has 0 radical (unpaired) electrons. The van der Waals surface area contributed by atoms with E-state index in [1.807, 2.05) is 6.07 Å². The van der Waals surface area contributed by atoms with Gasteiger partial charge in [0.2, 0.25) is 0 Å². The number of hydrogen-bond acceptors (Lipinski definition) is 1. The molecular formula is C17H13BrClFN2O. The number of hydrogen-bond donors (Lipinski definition) is 1. The SMILES string of the molecule is CN(Cc1cc(Br)ccc1F)C(=O)c1cc2ccc(Cl)cc2[nH]1. The molecule has 0 aliphatic rings. The van der Waals surface area contributed by atoms with Crippen molar-refractivity contribution < 1.29 is 9.18 Å². The Morgan fingerprint density at radius 1 is 1.26 bits per heavy atom. The quantitative estimate of drug-likeness (QED) is 0.666. The van der Waals surface area contributed by atoms with Crippen LogP contribution in [0.3, 0.4) is 0 Å². The molecule has 0 spiro atoms. The van der Waals surface area contributed by atoms with Gasteiger partial charge in [-0.2, -0.15) is 0 Å². The minimum absolute atomic E-state index is 0.181. The largest absolute Gasteiger partial charge is 0.350 e. The van der Waals surface area contributed by atoms with Crippen molar-refractivity contribution in [2.24, 2.45) is 0 Å². The normalized spacial score (nSPS) is 11.0. The third-order valence-corrected chi connectivity index (χ3v) is 4.31. The number of carbonyl (C=O) groups excluding carboxylic acids is 1. The van der Waals surface area contributed by atoms with Crippen LogP contribution in [0.25, 0.3) is 10.9 Å². The maximum atomic E-state index is 13.8. The second kappa shape index (κ2) is 6.34. The fourth-order valence-electron chi connectivity index (χ4n) is 2.41. The summed E-state index contributed by atoms with van der Waals surface area (Å²) < 4.78 is 14.6. The number of rotatable bonds is 3. The minimum Gasteiger partial charge on any atom is -0.350 e. The number of aromatic nitrogens is 1. The molecule has 0 unspecified atom stereocenters. The van der Waals surface area contributed by atoms with Crippen LogP contribution in [0.2, 0.25) is 5.02 Å². The summed E-state index contributed by atoms with van der Waals surface area (Å²) in [4.78, 5) is 17.0. The Labute approximate surface area is 146 Å². The Balaban J connectivity index is 1.84. The summed E-state index contributed by atoms with van der Waals surface area (Å²) in [6.07, 6.45) is 0. The van der Waals surface area contributed by atoms with Gasteiger partial charge in [-0.15, -0.1) is 0 Å². The van der Waals surface area contributed by atoms with E-state index in [1.54, 1.807) is 37.4 Å². The topological polar surface area (TPSA) is 36.1 Å². The molecule has 1 amide bonds. The predicted molar refractivity (Wildman–Crippen MR) is 93.2 cm³/mol. The first-order valence-electron chi connectivity index (χ1n) is 6.92. The van der Waals surface area contributed by atoms with Crippen molar-refractivity contribution in [1.29, 1.82) is 0 Å². The fraction of sp³-hybridized carbons (Fsp3) is 0.118. The van der Waals surface area contributed by atoms with Crippen LogP contribution in [0.5, 0.6) is 0 Å². The number of H-pyrrole nitrogens is 1. The molecule has 3 nitrogen and oxygen atoms in total. The van der Waals surface area contributed by atoms with E-state index in [0.29, 0.717) is 16.3 Å². The van der Waals surface area contributed by atoms with Gasteiger partial charge in [0.15, 0.2) is 0 Å². The number of benzene rings is 2. The average molecular weight is 396 g/mol. The van der Waals surface area contributed by atoms with E-state index in [2.05, 4.69) is 20.9 Å². The van der Waals surface area contributed by atoms with Crippen LogP contribution in [0.1, 0.15) is 16.1 Å². The van der Waals surface area contributed by atoms with Gasteiger partial charge in [0.05, 0.1) is 0 Å². The lowest BCUT2D eigenvalue weighted by atomic mass is 10.2.